The Morgan fingerprint density at radius 1 is 1.54 bits per heavy atom. The maximum atomic E-state index is 13.9. The van der Waals surface area contributed by atoms with Crippen molar-refractivity contribution in [3.8, 4) is 0 Å². The molecule has 132 valence electrons. The second kappa shape index (κ2) is 6.80. The van der Waals surface area contributed by atoms with E-state index in [-0.39, 0.29) is 34.3 Å². The highest BCUT2D eigenvalue weighted by Crippen LogP contribution is 2.36. The molecule has 1 amide bonds. The highest BCUT2D eigenvalue weighted by atomic mass is 35.5. The van der Waals surface area contributed by atoms with E-state index in [2.05, 4.69) is 29.1 Å². The molecule has 24 heavy (non-hydrogen) atoms. The van der Waals surface area contributed by atoms with E-state index in [1.807, 2.05) is 4.90 Å². The van der Waals surface area contributed by atoms with Gasteiger partial charge in [-0.05, 0) is 18.3 Å². The average molecular weight is 357 g/mol. The minimum Gasteiger partial charge on any atom is -0.368 e. The van der Waals surface area contributed by atoms with Gasteiger partial charge in [-0.15, -0.1) is 0 Å². The number of carbonyl (C=O) groups excluding carboxylic acids is 1. The molecule has 1 N–H and O–H groups in total. The van der Waals surface area contributed by atoms with E-state index in [1.165, 1.54) is 6.33 Å². The Morgan fingerprint density at radius 2 is 2.33 bits per heavy atom. The van der Waals surface area contributed by atoms with Gasteiger partial charge in [-0.2, -0.15) is 4.39 Å². The predicted octanol–water partition coefficient (Wildman–Crippen LogP) is 2.34. The molecule has 6 nitrogen and oxygen atoms in total. The zero-order valence-electron chi connectivity index (χ0n) is 13.9. The van der Waals surface area contributed by atoms with Gasteiger partial charge in [-0.1, -0.05) is 25.4 Å². The fourth-order valence-corrected chi connectivity index (χ4v) is 3.51. The second-order valence-corrected chi connectivity index (χ2v) is 7.47. The van der Waals surface area contributed by atoms with Crippen LogP contribution in [0.5, 0.6) is 0 Å². The molecular weight excluding hydrogens is 335 g/mol. The third kappa shape index (κ3) is 3.47. The topological polar surface area (TPSA) is 67.3 Å². The number of halogens is 2. The number of amides is 1. The Balaban J connectivity index is 1.63. The summed E-state index contributed by atoms with van der Waals surface area (Å²) in [6.45, 7) is 6.69. The predicted molar refractivity (Wildman–Crippen MR) is 88.3 cm³/mol. The van der Waals surface area contributed by atoms with Crippen molar-refractivity contribution in [2.75, 3.05) is 31.6 Å². The van der Waals surface area contributed by atoms with E-state index in [4.69, 9.17) is 16.3 Å². The molecule has 8 heteroatoms. The van der Waals surface area contributed by atoms with Gasteiger partial charge in [0.2, 0.25) is 5.82 Å². The van der Waals surface area contributed by atoms with Crippen molar-refractivity contribution in [2.24, 2.45) is 11.3 Å². The number of aromatic nitrogens is 2. The van der Waals surface area contributed by atoms with Gasteiger partial charge in [-0.25, -0.2) is 9.97 Å². The monoisotopic (exact) mass is 356 g/mol. The summed E-state index contributed by atoms with van der Waals surface area (Å²) < 4.78 is 19.4. The quantitative estimate of drug-likeness (QED) is 0.839. The van der Waals surface area contributed by atoms with Crippen molar-refractivity contribution in [3.05, 3.63) is 17.3 Å². The fraction of sp³-hybridized carbons (Fsp3) is 0.688. The van der Waals surface area contributed by atoms with Crippen LogP contribution < -0.4 is 5.32 Å². The molecule has 2 aliphatic heterocycles. The first kappa shape index (κ1) is 17.4. The summed E-state index contributed by atoms with van der Waals surface area (Å²) >= 11 is 5.67. The first-order valence-electron chi connectivity index (χ1n) is 8.19. The van der Waals surface area contributed by atoms with E-state index < -0.39 is 5.82 Å². The van der Waals surface area contributed by atoms with Crippen LogP contribution in [0.25, 0.3) is 0 Å². The second-order valence-electron chi connectivity index (χ2n) is 7.11. The number of rotatable bonds is 4. The Morgan fingerprint density at radius 3 is 3.04 bits per heavy atom. The molecule has 3 heterocycles. The number of nitrogens with one attached hydrogen (secondary N) is 1. The lowest BCUT2D eigenvalue weighted by atomic mass is 9.82. The average Bonchev–Trinajstić information content (AvgIpc) is 3.16. The van der Waals surface area contributed by atoms with Crippen LogP contribution in [0.4, 0.5) is 10.2 Å². The van der Waals surface area contributed by atoms with E-state index in [0.717, 1.165) is 12.8 Å². The van der Waals surface area contributed by atoms with Crippen molar-refractivity contribution in [2.45, 2.75) is 32.8 Å². The summed E-state index contributed by atoms with van der Waals surface area (Å²) in [5.41, 5.74) is -0.0748. The third-order valence-corrected chi connectivity index (χ3v) is 5.19. The zero-order chi connectivity index (χ0) is 17.3. The van der Waals surface area contributed by atoms with Gasteiger partial charge in [0.15, 0.2) is 11.0 Å². The number of carbonyl (C=O) groups is 1. The first-order chi connectivity index (χ1) is 11.4. The lowest BCUT2D eigenvalue weighted by molar-refractivity contribution is -0.140. The number of nitrogens with zero attached hydrogens (tertiary/aromatic N) is 3. The lowest BCUT2D eigenvalue weighted by Crippen LogP contribution is -2.38. The van der Waals surface area contributed by atoms with Gasteiger partial charge < -0.3 is 15.0 Å². The van der Waals surface area contributed by atoms with Crippen LogP contribution in [0.15, 0.2) is 6.33 Å². The van der Waals surface area contributed by atoms with Gasteiger partial charge in [0, 0.05) is 32.2 Å². The Labute approximate surface area is 145 Å². The molecule has 0 aromatic carbocycles. The number of hydrogen-bond acceptors (Lipinski definition) is 5. The summed E-state index contributed by atoms with van der Waals surface area (Å²) in [6.07, 6.45) is 2.65. The number of hydrogen-bond donors (Lipinski definition) is 1. The maximum Gasteiger partial charge on any atom is 0.251 e. The molecule has 0 aliphatic carbocycles. The van der Waals surface area contributed by atoms with Crippen LogP contribution >= 0.6 is 11.6 Å². The van der Waals surface area contributed by atoms with E-state index >= 15 is 0 Å². The van der Waals surface area contributed by atoms with Crippen molar-refractivity contribution in [1.29, 1.82) is 0 Å². The van der Waals surface area contributed by atoms with Crippen LogP contribution in [0.3, 0.4) is 0 Å². The summed E-state index contributed by atoms with van der Waals surface area (Å²) in [4.78, 5) is 21.9. The fourth-order valence-electron chi connectivity index (χ4n) is 3.37. The molecule has 2 fully saturated rings. The molecule has 0 spiro atoms. The van der Waals surface area contributed by atoms with Gasteiger partial charge in [0.25, 0.3) is 5.91 Å². The standard InChI is InChI=1S/C16H22ClFN4O2/c1-16(2)8-22(15(23)11-4-3-5-24-11)7-10(16)6-19-14-12(18)13(17)20-9-21-14/h9-11H,3-8H2,1-2H3,(H,19,20,21)/t10?,11-/m1/s1. The highest BCUT2D eigenvalue weighted by molar-refractivity contribution is 6.29. The van der Waals surface area contributed by atoms with Crippen molar-refractivity contribution in [1.82, 2.24) is 14.9 Å². The summed E-state index contributed by atoms with van der Waals surface area (Å²) in [5, 5.41) is 2.80. The van der Waals surface area contributed by atoms with Crippen molar-refractivity contribution in [3.63, 3.8) is 0 Å². The first-order valence-corrected chi connectivity index (χ1v) is 8.56. The molecular formula is C16H22ClFN4O2. The van der Waals surface area contributed by atoms with Crippen LogP contribution in [0.2, 0.25) is 5.15 Å². The number of likely N-dealkylation sites (tertiary alicyclic amines) is 1. The van der Waals surface area contributed by atoms with E-state index in [1.54, 1.807) is 0 Å². The largest absolute Gasteiger partial charge is 0.368 e. The van der Waals surface area contributed by atoms with Gasteiger partial charge in [0.05, 0.1) is 0 Å². The highest BCUT2D eigenvalue weighted by Gasteiger charge is 2.43. The molecule has 1 aromatic rings. The van der Waals surface area contributed by atoms with Gasteiger partial charge in [-0.3, -0.25) is 4.79 Å². The third-order valence-electron chi connectivity index (χ3n) is 4.92. The number of anilines is 1. The van der Waals surface area contributed by atoms with Crippen LogP contribution in [-0.2, 0) is 9.53 Å². The molecule has 1 aromatic heterocycles. The molecule has 0 radical (unpaired) electrons. The van der Waals surface area contributed by atoms with E-state index in [9.17, 15) is 9.18 Å². The van der Waals surface area contributed by atoms with Crippen LogP contribution in [0.1, 0.15) is 26.7 Å². The van der Waals surface area contributed by atoms with Crippen molar-refractivity contribution >= 4 is 23.3 Å². The summed E-state index contributed by atoms with van der Waals surface area (Å²) in [5.74, 6) is -0.313. The Hall–Kier alpha value is -1.47. The minimum absolute atomic E-state index is 0.0688. The summed E-state index contributed by atoms with van der Waals surface area (Å²) in [7, 11) is 0. The van der Waals surface area contributed by atoms with Crippen molar-refractivity contribution < 1.29 is 13.9 Å². The van der Waals surface area contributed by atoms with E-state index in [0.29, 0.717) is 26.2 Å². The van der Waals surface area contributed by atoms with Gasteiger partial charge >= 0.3 is 0 Å². The summed E-state index contributed by atoms with van der Waals surface area (Å²) in [6, 6.07) is 0. The Kier molecular flexibility index (Phi) is 4.92. The molecule has 0 saturated carbocycles. The lowest BCUT2D eigenvalue weighted by Gasteiger charge is -2.25. The molecule has 2 aliphatic rings. The molecule has 1 unspecified atom stereocenters. The zero-order valence-corrected chi connectivity index (χ0v) is 14.6. The SMILES string of the molecule is CC1(C)CN(C(=O)[C@H]2CCCO2)CC1CNc1ncnc(Cl)c1F. The van der Waals surface area contributed by atoms with Crippen LogP contribution in [-0.4, -0.2) is 53.1 Å². The normalized spacial score (nSPS) is 25.9. The van der Waals surface area contributed by atoms with Crippen LogP contribution in [0, 0.1) is 17.2 Å². The molecule has 2 saturated heterocycles. The smallest absolute Gasteiger partial charge is 0.251 e. The molecule has 0 bridgehead atoms. The van der Waals surface area contributed by atoms with Gasteiger partial charge in [0.1, 0.15) is 12.4 Å². The minimum atomic E-state index is -0.651. The molecule has 3 rings (SSSR count). The maximum absolute atomic E-state index is 13.9. The number of ether oxygens (including phenoxy) is 1. The Bertz CT molecular complexity index is 622. The molecule has 2 atom stereocenters.